The Kier molecular flexibility index (Phi) is 4.89. The molecular formula is C13H19N3O4. The maximum atomic E-state index is 10.9. The number of ether oxygens (including phenoxy) is 1. The van der Waals surface area contributed by atoms with Crippen LogP contribution in [-0.2, 0) is 11.3 Å². The first kappa shape index (κ1) is 14.7. The average molecular weight is 281 g/mol. The first-order valence-corrected chi connectivity index (χ1v) is 6.54. The molecule has 1 aliphatic rings. The summed E-state index contributed by atoms with van der Waals surface area (Å²) >= 11 is 0. The van der Waals surface area contributed by atoms with E-state index in [1.807, 2.05) is 0 Å². The first-order chi connectivity index (χ1) is 9.63. The van der Waals surface area contributed by atoms with Gasteiger partial charge in [-0.1, -0.05) is 6.07 Å². The van der Waals surface area contributed by atoms with E-state index >= 15 is 0 Å². The highest BCUT2D eigenvalue weighted by atomic mass is 16.6. The highest BCUT2D eigenvalue weighted by Crippen LogP contribution is 2.25. The van der Waals surface area contributed by atoms with Crippen LogP contribution in [0.25, 0.3) is 0 Å². The van der Waals surface area contributed by atoms with Crippen LogP contribution < -0.4 is 5.32 Å². The molecule has 1 aromatic rings. The van der Waals surface area contributed by atoms with E-state index in [0.717, 1.165) is 12.1 Å². The molecule has 1 atom stereocenters. The monoisotopic (exact) mass is 281 g/mol. The van der Waals surface area contributed by atoms with Gasteiger partial charge in [-0.15, -0.1) is 0 Å². The molecule has 1 fully saturated rings. The molecule has 110 valence electrons. The molecule has 1 saturated heterocycles. The van der Waals surface area contributed by atoms with Crippen LogP contribution in [-0.4, -0.2) is 54.4 Å². The number of nitro groups is 1. The average Bonchev–Trinajstić information content (AvgIpc) is 2.47. The number of rotatable bonds is 5. The van der Waals surface area contributed by atoms with Crippen molar-refractivity contribution < 1.29 is 14.8 Å². The predicted octanol–water partition coefficient (Wildman–Crippen LogP) is 0.830. The van der Waals surface area contributed by atoms with Crippen molar-refractivity contribution in [2.45, 2.75) is 12.6 Å². The summed E-state index contributed by atoms with van der Waals surface area (Å²) < 4.78 is 5.40. The highest BCUT2D eigenvalue weighted by molar-refractivity contribution is 5.62. The lowest BCUT2D eigenvalue weighted by molar-refractivity contribution is -0.384. The molecule has 2 rings (SSSR count). The van der Waals surface area contributed by atoms with E-state index in [1.54, 1.807) is 19.2 Å². The zero-order chi connectivity index (χ0) is 14.5. The third-order valence-electron chi connectivity index (χ3n) is 3.36. The van der Waals surface area contributed by atoms with Crippen molar-refractivity contribution in [3.8, 4) is 0 Å². The lowest BCUT2D eigenvalue weighted by atomic mass is 10.1. The zero-order valence-corrected chi connectivity index (χ0v) is 11.4. The van der Waals surface area contributed by atoms with Crippen LogP contribution >= 0.6 is 0 Å². The van der Waals surface area contributed by atoms with E-state index in [1.165, 1.54) is 6.07 Å². The molecule has 0 aliphatic carbocycles. The van der Waals surface area contributed by atoms with E-state index in [-0.39, 0.29) is 18.4 Å². The number of nitrogens with one attached hydrogen (secondary N) is 1. The van der Waals surface area contributed by atoms with E-state index in [2.05, 4.69) is 10.2 Å². The summed E-state index contributed by atoms with van der Waals surface area (Å²) in [6.07, 6.45) is -0.148. The Balaban J connectivity index is 2.07. The Morgan fingerprint density at radius 3 is 3.05 bits per heavy atom. The van der Waals surface area contributed by atoms with Gasteiger partial charge in [0.1, 0.15) is 5.69 Å². The maximum Gasteiger partial charge on any atom is 0.292 e. The summed E-state index contributed by atoms with van der Waals surface area (Å²) in [4.78, 5) is 12.6. The molecule has 1 aromatic carbocycles. The number of benzene rings is 1. The van der Waals surface area contributed by atoms with Crippen LogP contribution in [0.1, 0.15) is 5.56 Å². The fourth-order valence-corrected chi connectivity index (χ4v) is 2.33. The number of hydrogen-bond donors (Lipinski definition) is 2. The van der Waals surface area contributed by atoms with Gasteiger partial charge in [0.05, 0.1) is 24.2 Å². The molecule has 0 spiro atoms. The summed E-state index contributed by atoms with van der Waals surface area (Å²) in [6.45, 7) is 2.76. The minimum Gasteiger partial charge on any atom is -0.394 e. The minimum absolute atomic E-state index is 0.0124. The quantitative estimate of drug-likeness (QED) is 0.614. The normalized spacial score (nSPS) is 19.8. The van der Waals surface area contributed by atoms with E-state index in [9.17, 15) is 10.1 Å². The van der Waals surface area contributed by atoms with E-state index in [0.29, 0.717) is 25.4 Å². The Morgan fingerprint density at radius 2 is 2.40 bits per heavy atom. The number of nitrogens with zero attached hydrogens (tertiary/aromatic N) is 2. The Bertz CT molecular complexity index is 481. The summed E-state index contributed by atoms with van der Waals surface area (Å²) in [6, 6.07) is 5.08. The van der Waals surface area contributed by atoms with Gasteiger partial charge in [0.15, 0.2) is 0 Å². The van der Waals surface area contributed by atoms with E-state index in [4.69, 9.17) is 9.84 Å². The predicted molar refractivity (Wildman–Crippen MR) is 74.7 cm³/mol. The first-order valence-electron chi connectivity index (χ1n) is 6.54. The molecule has 20 heavy (non-hydrogen) atoms. The lowest BCUT2D eigenvalue weighted by Gasteiger charge is -2.32. The molecule has 0 radical (unpaired) electrons. The van der Waals surface area contributed by atoms with Crippen LogP contribution in [0, 0.1) is 10.1 Å². The Hall–Kier alpha value is -1.70. The van der Waals surface area contributed by atoms with Crippen molar-refractivity contribution in [1.29, 1.82) is 0 Å². The molecule has 1 unspecified atom stereocenters. The summed E-state index contributed by atoms with van der Waals surface area (Å²) in [5.74, 6) is 0. The summed E-state index contributed by atoms with van der Waals surface area (Å²) in [7, 11) is 1.67. The SMILES string of the molecule is CNc1cc(CN2CCOC(CO)C2)ccc1[N+](=O)[O-]. The molecule has 7 nitrogen and oxygen atoms in total. The van der Waals surface area contributed by atoms with Gasteiger partial charge >= 0.3 is 0 Å². The van der Waals surface area contributed by atoms with Crippen LogP contribution in [0.3, 0.4) is 0 Å². The lowest BCUT2D eigenvalue weighted by Crippen LogP contribution is -2.43. The van der Waals surface area contributed by atoms with Gasteiger partial charge in [0.2, 0.25) is 0 Å². The van der Waals surface area contributed by atoms with Crippen molar-refractivity contribution in [2.75, 3.05) is 38.7 Å². The number of hydrogen-bond acceptors (Lipinski definition) is 6. The van der Waals surface area contributed by atoms with Crippen molar-refractivity contribution in [3.05, 3.63) is 33.9 Å². The molecule has 0 bridgehead atoms. The Labute approximate surface area is 117 Å². The maximum absolute atomic E-state index is 10.9. The number of morpholine rings is 1. The molecule has 1 heterocycles. The smallest absolute Gasteiger partial charge is 0.292 e. The van der Waals surface area contributed by atoms with Gasteiger partial charge in [-0.05, 0) is 11.6 Å². The molecule has 0 aromatic heterocycles. The second kappa shape index (κ2) is 6.65. The van der Waals surface area contributed by atoms with Gasteiger partial charge < -0.3 is 15.2 Å². The molecule has 0 amide bonds. The minimum atomic E-state index is -0.397. The second-order valence-corrected chi connectivity index (χ2v) is 4.77. The van der Waals surface area contributed by atoms with Crippen LogP contribution in [0.2, 0.25) is 0 Å². The molecule has 2 N–H and O–H groups in total. The van der Waals surface area contributed by atoms with Gasteiger partial charge in [-0.3, -0.25) is 15.0 Å². The third-order valence-corrected chi connectivity index (χ3v) is 3.36. The second-order valence-electron chi connectivity index (χ2n) is 4.77. The fourth-order valence-electron chi connectivity index (χ4n) is 2.33. The largest absolute Gasteiger partial charge is 0.394 e. The molecule has 1 aliphatic heterocycles. The number of aliphatic hydroxyl groups is 1. The highest BCUT2D eigenvalue weighted by Gasteiger charge is 2.20. The van der Waals surface area contributed by atoms with Gasteiger partial charge in [-0.2, -0.15) is 0 Å². The van der Waals surface area contributed by atoms with Crippen LogP contribution in [0.4, 0.5) is 11.4 Å². The van der Waals surface area contributed by atoms with Gasteiger partial charge in [0.25, 0.3) is 5.69 Å². The van der Waals surface area contributed by atoms with Crippen molar-refractivity contribution in [2.24, 2.45) is 0 Å². The number of nitro benzene ring substituents is 1. The van der Waals surface area contributed by atoms with Crippen LogP contribution in [0.15, 0.2) is 18.2 Å². The summed E-state index contributed by atoms with van der Waals surface area (Å²) in [5.41, 5.74) is 1.59. The van der Waals surface area contributed by atoms with Crippen molar-refractivity contribution in [3.63, 3.8) is 0 Å². The standard InChI is InChI=1S/C13H19N3O4/c1-14-12-6-10(2-3-13(12)16(18)19)7-15-4-5-20-11(8-15)9-17/h2-3,6,11,14,17H,4-5,7-9H2,1H3. The summed E-state index contributed by atoms with van der Waals surface area (Å²) in [5, 5.41) is 22.8. The number of aliphatic hydroxyl groups excluding tert-OH is 1. The van der Waals surface area contributed by atoms with Crippen LogP contribution in [0.5, 0.6) is 0 Å². The van der Waals surface area contributed by atoms with E-state index < -0.39 is 4.92 Å². The molecule has 7 heteroatoms. The molecular weight excluding hydrogens is 262 g/mol. The zero-order valence-electron chi connectivity index (χ0n) is 11.4. The topological polar surface area (TPSA) is 87.9 Å². The fraction of sp³-hybridized carbons (Fsp3) is 0.538. The third kappa shape index (κ3) is 3.44. The van der Waals surface area contributed by atoms with Crippen molar-refractivity contribution in [1.82, 2.24) is 4.90 Å². The number of anilines is 1. The Morgan fingerprint density at radius 1 is 1.60 bits per heavy atom. The van der Waals surface area contributed by atoms with Crippen molar-refractivity contribution >= 4 is 11.4 Å². The molecule has 0 saturated carbocycles. The van der Waals surface area contributed by atoms with Gasteiger partial charge in [-0.25, -0.2) is 0 Å². The van der Waals surface area contributed by atoms with Gasteiger partial charge in [0, 0.05) is 32.7 Å².